The van der Waals surface area contributed by atoms with Crippen LogP contribution in [0.5, 0.6) is 5.75 Å². The Balaban J connectivity index is 2.20. The van der Waals surface area contributed by atoms with E-state index in [0.29, 0.717) is 12.0 Å². The number of halogens is 2. The molecule has 2 aromatic carbocycles. The fourth-order valence-corrected chi connectivity index (χ4v) is 2.13. The van der Waals surface area contributed by atoms with E-state index in [1.165, 1.54) is 6.07 Å². The molecule has 2 N–H and O–H groups in total. The second-order valence-corrected chi connectivity index (χ2v) is 4.71. The minimum atomic E-state index is -0.400. The van der Waals surface area contributed by atoms with Crippen molar-refractivity contribution in [1.82, 2.24) is 0 Å². The predicted molar refractivity (Wildman–Crippen MR) is 75.0 cm³/mol. The highest BCUT2D eigenvalue weighted by molar-refractivity contribution is 6.30. The van der Waals surface area contributed by atoms with Crippen LogP contribution in [-0.4, -0.2) is 7.11 Å². The Bertz CT molecular complexity index is 574. The molecular weight excluding hydrogens is 265 g/mol. The minimum absolute atomic E-state index is 0.121. The van der Waals surface area contributed by atoms with Crippen molar-refractivity contribution in [2.24, 2.45) is 5.73 Å². The molecule has 0 aliphatic carbocycles. The molecule has 0 radical (unpaired) electrons. The Labute approximate surface area is 117 Å². The molecule has 1 unspecified atom stereocenters. The third-order valence-corrected chi connectivity index (χ3v) is 3.29. The zero-order chi connectivity index (χ0) is 13.8. The Morgan fingerprint density at radius 3 is 2.74 bits per heavy atom. The van der Waals surface area contributed by atoms with E-state index in [1.807, 2.05) is 24.3 Å². The summed E-state index contributed by atoms with van der Waals surface area (Å²) in [4.78, 5) is 0. The Morgan fingerprint density at radius 2 is 2.00 bits per heavy atom. The van der Waals surface area contributed by atoms with Crippen LogP contribution in [0.1, 0.15) is 17.2 Å². The van der Waals surface area contributed by atoms with Gasteiger partial charge in [-0.3, -0.25) is 0 Å². The number of hydrogen-bond donors (Lipinski definition) is 1. The van der Waals surface area contributed by atoms with Gasteiger partial charge < -0.3 is 10.5 Å². The van der Waals surface area contributed by atoms with Crippen LogP contribution in [-0.2, 0) is 6.42 Å². The molecule has 2 nitrogen and oxygen atoms in total. The monoisotopic (exact) mass is 279 g/mol. The van der Waals surface area contributed by atoms with Crippen LogP contribution in [0.3, 0.4) is 0 Å². The first-order chi connectivity index (χ1) is 9.11. The molecule has 4 heteroatoms. The summed E-state index contributed by atoms with van der Waals surface area (Å²) in [6.07, 6.45) is 0.388. The maximum Gasteiger partial charge on any atom is 0.145 e. The van der Waals surface area contributed by atoms with E-state index in [2.05, 4.69) is 0 Å². The molecule has 0 aliphatic rings. The predicted octanol–water partition coefficient (Wildman–Crippen LogP) is 3.73. The van der Waals surface area contributed by atoms with Gasteiger partial charge in [-0.2, -0.15) is 0 Å². The standard InChI is InChI=1S/C15H15ClFNO/c1-19-12-6-2-4-10(8-12)14(18)9-11-5-3-7-13(16)15(11)17/h2-8,14H,9,18H2,1H3. The third kappa shape index (κ3) is 3.25. The molecule has 0 fully saturated rings. The summed E-state index contributed by atoms with van der Waals surface area (Å²) < 4.78 is 19.0. The lowest BCUT2D eigenvalue weighted by Gasteiger charge is -2.14. The van der Waals surface area contributed by atoms with Crippen molar-refractivity contribution in [1.29, 1.82) is 0 Å². The Hall–Kier alpha value is -1.58. The van der Waals surface area contributed by atoms with Crippen LogP contribution in [0.25, 0.3) is 0 Å². The Kier molecular flexibility index (Phi) is 4.40. The van der Waals surface area contributed by atoms with Crippen molar-refractivity contribution >= 4 is 11.6 Å². The van der Waals surface area contributed by atoms with Gasteiger partial charge in [-0.1, -0.05) is 35.9 Å². The number of nitrogens with two attached hydrogens (primary N) is 1. The summed E-state index contributed by atoms with van der Waals surface area (Å²) in [7, 11) is 1.60. The topological polar surface area (TPSA) is 35.2 Å². The first kappa shape index (κ1) is 13.8. The molecule has 1 atom stereocenters. The molecule has 100 valence electrons. The average Bonchev–Trinajstić information content (AvgIpc) is 2.44. The molecule has 0 aromatic heterocycles. The van der Waals surface area contributed by atoms with Crippen LogP contribution >= 0.6 is 11.6 Å². The van der Waals surface area contributed by atoms with E-state index in [-0.39, 0.29) is 11.1 Å². The molecule has 0 saturated heterocycles. The highest BCUT2D eigenvalue weighted by Crippen LogP contribution is 2.24. The lowest BCUT2D eigenvalue weighted by atomic mass is 9.99. The molecule has 0 aliphatic heterocycles. The lowest BCUT2D eigenvalue weighted by molar-refractivity contribution is 0.413. The molecule has 19 heavy (non-hydrogen) atoms. The first-order valence-corrected chi connectivity index (χ1v) is 6.32. The second-order valence-electron chi connectivity index (χ2n) is 4.30. The highest BCUT2D eigenvalue weighted by atomic mass is 35.5. The van der Waals surface area contributed by atoms with Gasteiger partial charge in [-0.25, -0.2) is 4.39 Å². The summed E-state index contributed by atoms with van der Waals surface area (Å²) in [5.74, 6) is 0.335. The van der Waals surface area contributed by atoms with E-state index in [0.717, 1.165) is 11.3 Å². The zero-order valence-corrected chi connectivity index (χ0v) is 11.3. The van der Waals surface area contributed by atoms with Gasteiger partial charge in [0.2, 0.25) is 0 Å². The van der Waals surface area contributed by atoms with Crippen molar-refractivity contribution in [3.63, 3.8) is 0 Å². The smallest absolute Gasteiger partial charge is 0.145 e. The fourth-order valence-electron chi connectivity index (χ4n) is 1.93. The van der Waals surface area contributed by atoms with Gasteiger partial charge in [0.15, 0.2) is 0 Å². The van der Waals surface area contributed by atoms with Crippen molar-refractivity contribution in [2.75, 3.05) is 7.11 Å². The van der Waals surface area contributed by atoms with Gasteiger partial charge in [0, 0.05) is 6.04 Å². The van der Waals surface area contributed by atoms with Gasteiger partial charge in [0.25, 0.3) is 0 Å². The molecule has 2 rings (SSSR count). The zero-order valence-electron chi connectivity index (χ0n) is 10.6. The largest absolute Gasteiger partial charge is 0.497 e. The van der Waals surface area contributed by atoms with Crippen LogP contribution in [0.4, 0.5) is 4.39 Å². The van der Waals surface area contributed by atoms with Gasteiger partial charge in [0.1, 0.15) is 11.6 Å². The maximum absolute atomic E-state index is 13.8. The second kappa shape index (κ2) is 6.04. The summed E-state index contributed by atoms with van der Waals surface area (Å²) in [5.41, 5.74) is 7.52. The number of hydrogen-bond acceptors (Lipinski definition) is 2. The molecule has 2 aromatic rings. The number of methoxy groups -OCH3 is 1. The van der Waals surface area contributed by atoms with Crippen LogP contribution in [0.15, 0.2) is 42.5 Å². The van der Waals surface area contributed by atoms with Gasteiger partial charge >= 0.3 is 0 Å². The van der Waals surface area contributed by atoms with E-state index < -0.39 is 5.82 Å². The molecular formula is C15H15ClFNO. The molecule has 0 heterocycles. The van der Waals surface area contributed by atoms with Gasteiger partial charge in [-0.05, 0) is 35.7 Å². The summed E-state index contributed by atoms with van der Waals surface area (Å²) in [5, 5.41) is 0.121. The number of benzene rings is 2. The lowest BCUT2D eigenvalue weighted by Crippen LogP contribution is -2.14. The van der Waals surface area contributed by atoms with Crippen molar-refractivity contribution in [3.8, 4) is 5.75 Å². The van der Waals surface area contributed by atoms with E-state index in [4.69, 9.17) is 22.1 Å². The summed E-state index contributed by atoms with van der Waals surface area (Å²) in [6, 6.07) is 12.1. The average molecular weight is 280 g/mol. The van der Waals surface area contributed by atoms with E-state index >= 15 is 0 Å². The fraction of sp³-hybridized carbons (Fsp3) is 0.200. The van der Waals surface area contributed by atoms with Crippen LogP contribution < -0.4 is 10.5 Å². The van der Waals surface area contributed by atoms with Crippen molar-refractivity contribution in [3.05, 3.63) is 64.4 Å². The normalized spacial score (nSPS) is 12.2. The Morgan fingerprint density at radius 1 is 1.26 bits per heavy atom. The SMILES string of the molecule is COc1cccc(C(N)Cc2cccc(Cl)c2F)c1. The van der Waals surface area contributed by atoms with Gasteiger partial charge in [-0.15, -0.1) is 0 Å². The highest BCUT2D eigenvalue weighted by Gasteiger charge is 2.12. The maximum atomic E-state index is 13.8. The van der Waals surface area contributed by atoms with Crippen molar-refractivity contribution < 1.29 is 9.13 Å². The molecule has 0 saturated carbocycles. The minimum Gasteiger partial charge on any atom is -0.497 e. The molecule has 0 amide bonds. The number of ether oxygens (including phenoxy) is 1. The molecule has 0 bridgehead atoms. The van der Waals surface area contributed by atoms with E-state index in [1.54, 1.807) is 19.2 Å². The quantitative estimate of drug-likeness (QED) is 0.925. The number of rotatable bonds is 4. The van der Waals surface area contributed by atoms with Gasteiger partial charge in [0.05, 0.1) is 12.1 Å². The summed E-state index contributed by atoms with van der Waals surface area (Å²) in [6.45, 7) is 0. The third-order valence-electron chi connectivity index (χ3n) is 2.99. The summed E-state index contributed by atoms with van der Waals surface area (Å²) >= 11 is 5.76. The van der Waals surface area contributed by atoms with Crippen molar-refractivity contribution in [2.45, 2.75) is 12.5 Å². The van der Waals surface area contributed by atoms with Crippen LogP contribution in [0.2, 0.25) is 5.02 Å². The van der Waals surface area contributed by atoms with Crippen LogP contribution in [0, 0.1) is 5.82 Å². The molecule has 0 spiro atoms. The first-order valence-electron chi connectivity index (χ1n) is 5.94. The van der Waals surface area contributed by atoms with E-state index in [9.17, 15) is 4.39 Å².